The molecule has 0 atom stereocenters. The van der Waals surface area contributed by atoms with E-state index in [9.17, 15) is 0 Å². The number of ether oxygens (including phenoxy) is 2. The van der Waals surface area contributed by atoms with Gasteiger partial charge in [0.15, 0.2) is 0 Å². The first-order valence-corrected chi connectivity index (χ1v) is 6.97. The van der Waals surface area contributed by atoms with Gasteiger partial charge in [-0.25, -0.2) is 0 Å². The Hall–Kier alpha value is -2.22. The Bertz CT molecular complexity index is 661. The van der Waals surface area contributed by atoms with Crippen LogP contribution in [0, 0.1) is 20.8 Å². The van der Waals surface area contributed by atoms with Crippen LogP contribution in [0.2, 0.25) is 0 Å². The minimum absolute atomic E-state index is 0.800. The summed E-state index contributed by atoms with van der Waals surface area (Å²) < 4.78 is 10.8. The lowest BCUT2D eigenvalue weighted by molar-refractivity contribution is 0.402. The average Bonchev–Trinajstić information content (AvgIpc) is 2.45. The molecular formula is C19H22O2. The quantitative estimate of drug-likeness (QED) is 0.810. The van der Waals surface area contributed by atoms with Crippen LogP contribution in [0.4, 0.5) is 0 Å². The van der Waals surface area contributed by atoms with E-state index in [1.807, 2.05) is 18.2 Å². The molecule has 0 aliphatic rings. The Kier molecular flexibility index (Phi) is 4.37. The van der Waals surface area contributed by atoms with Crippen molar-refractivity contribution in [3.05, 3.63) is 64.7 Å². The summed E-state index contributed by atoms with van der Waals surface area (Å²) in [7, 11) is 3.34. The Balaban J connectivity index is 2.59. The van der Waals surface area contributed by atoms with E-state index in [1.54, 1.807) is 14.2 Å². The summed E-state index contributed by atoms with van der Waals surface area (Å²) >= 11 is 0. The molecule has 0 amide bonds. The fourth-order valence-corrected chi connectivity index (χ4v) is 2.84. The molecule has 2 heteroatoms. The molecule has 2 rings (SSSR count). The summed E-state index contributed by atoms with van der Waals surface area (Å²) in [4.78, 5) is 0. The molecule has 2 nitrogen and oxygen atoms in total. The lowest BCUT2D eigenvalue weighted by Crippen LogP contribution is -1.98. The van der Waals surface area contributed by atoms with E-state index in [2.05, 4.69) is 39.5 Å². The smallest absolute Gasteiger partial charge is 0.126 e. The minimum atomic E-state index is 0.800. The summed E-state index contributed by atoms with van der Waals surface area (Å²) in [6, 6.07) is 10.1. The van der Waals surface area contributed by atoms with Crippen LogP contribution in [-0.4, -0.2) is 14.2 Å². The molecule has 0 unspecified atom stereocenters. The van der Waals surface area contributed by atoms with Crippen molar-refractivity contribution in [1.82, 2.24) is 0 Å². The van der Waals surface area contributed by atoms with Gasteiger partial charge in [-0.15, -0.1) is 0 Å². The summed E-state index contributed by atoms with van der Waals surface area (Å²) in [5.41, 5.74) is 6.81. The molecule has 0 aliphatic carbocycles. The third-order valence-corrected chi connectivity index (χ3v) is 3.71. The van der Waals surface area contributed by atoms with Gasteiger partial charge in [0, 0.05) is 5.56 Å². The first-order chi connectivity index (χ1) is 9.97. The van der Waals surface area contributed by atoms with E-state index < -0.39 is 0 Å². The highest BCUT2D eigenvalue weighted by Crippen LogP contribution is 2.35. The van der Waals surface area contributed by atoms with Crippen LogP contribution in [0.15, 0.2) is 36.9 Å². The third-order valence-electron chi connectivity index (χ3n) is 3.71. The molecule has 0 radical (unpaired) electrons. The molecule has 110 valence electrons. The molecule has 0 bridgehead atoms. The van der Waals surface area contributed by atoms with Crippen LogP contribution in [0.5, 0.6) is 11.5 Å². The summed E-state index contributed by atoms with van der Waals surface area (Å²) in [6.45, 7) is 10.6. The van der Waals surface area contributed by atoms with E-state index in [0.717, 1.165) is 22.6 Å². The van der Waals surface area contributed by atoms with Crippen molar-refractivity contribution in [2.45, 2.75) is 20.8 Å². The number of hydrogen-bond donors (Lipinski definition) is 0. The van der Waals surface area contributed by atoms with E-state index in [1.165, 1.54) is 22.3 Å². The fourth-order valence-electron chi connectivity index (χ4n) is 2.84. The Morgan fingerprint density at radius 3 is 2.05 bits per heavy atom. The predicted octanol–water partition coefficient (Wildman–Crippen LogP) is 4.69. The van der Waals surface area contributed by atoms with Crippen molar-refractivity contribution >= 4 is 5.57 Å². The molecule has 0 spiro atoms. The summed E-state index contributed by atoms with van der Waals surface area (Å²) in [6.07, 6.45) is 0. The number of benzene rings is 2. The molecule has 21 heavy (non-hydrogen) atoms. The molecule has 0 fully saturated rings. The van der Waals surface area contributed by atoms with Gasteiger partial charge < -0.3 is 9.47 Å². The van der Waals surface area contributed by atoms with E-state index >= 15 is 0 Å². The summed E-state index contributed by atoms with van der Waals surface area (Å²) in [5.74, 6) is 1.61. The number of aryl methyl sites for hydroxylation is 3. The monoisotopic (exact) mass is 282 g/mol. The molecular weight excluding hydrogens is 260 g/mol. The second kappa shape index (κ2) is 6.04. The van der Waals surface area contributed by atoms with E-state index in [4.69, 9.17) is 9.47 Å². The van der Waals surface area contributed by atoms with Crippen LogP contribution in [0.1, 0.15) is 27.8 Å². The molecule has 0 heterocycles. The van der Waals surface area contributed by atoms with Gasteiger partial charge in [-0.05, 0) is 61.2 Å². The van der Waals surface area contributed by atoms with Gasteiger partial charge in [-0.1, -0.05) is 24.3 Å². The maximum absolute atomic E-state index is 5.47. The van der Waals surface area contributed by atoms with Crippen LogP contribution in [-0.2, 0) is 0 Å². The predicted molar refractivity (Wildman–Crippen MR) is 88.3 cm³/mol. The summed E-state index contributed by atoms with van der Waals surface area (Å²) in [5, 5.41) is 0. The van der Waals surface area contributed by atoms with Crippen LogP contribution in [0.3, 0.4) is 0 Å². The van der Waals surface area contributed by atoms with Crippen molar-refractivity contribution in [2.24, 2.45) is 0 Å². The lowest BCUT2D eigenvalue weighted by atomic mass is 9.90. The third kappa shape index (κ3) is 2.94. The van der Waals surface area contributed by atoms with Gasteiger partial charge in [0.1, 0.15) is 11.5 Å². The zero-order valence-electron chi connectivity index (χ0n) is 13.4. The van der Waals surface area contributed by atoms with Crippen molar-refractivity contribution < 1.29 is 9.47 Å². The fraction of sp³-hybridized carbons (Fsp3) is 0.263. The molecule has 0 aliphatic heterocycles. The highest BCUT2D eigenvalue weighted by Gasteiger charge is 2.14. The van der Waals surface area contributed by atoms with Crippen LogP contribution >= 0.6 is 0 Å². The Labute approximate surface area is 127 Å². The Morgan fingerprint density at radius 2 is 1.52 bits per heavy atom. The second-order valence-electron chi connectivity index (χ2n) is 5.32. The maximum Gasteiger partial charge on any atom is 0.126 e. The topological polar surface area (TPSA) is 18.5 Å². The zero-order valence-corrected chi connectivity index (χ0v) is 13.4. The molecule has 2 aromatic carbocycles. The van der Waals surface area contributed by atoms with Gasteiger partial charge in [-0.2, -0.15) is 0 Å². The largest absolute Gasteiger partial charge is 0.497 e. The lowest BCUT2D eigenvalue weighted by Gasteiger charge is -2.17. The Morgan fingerprint density at radius 1 is 0.905 bits per heavy atom. The van der Waals surface area contributed by atoms with Crippen molar-refractivity contribution in [3.63, 3.8) is 0 Å². The van der Waals surface area contributed by atoms with Gasteiger partial charge in [0.05, 0.1) is 14.2 Å². The first-order valence-electron chi connectivity index (χ1n) is 6.97. The molecule has 0 aromatic heterocycles. The normalized spacial score (nSPS) is 10.3. The number of rotatable bonds is 4. The van der Waals surface area contributed by atoms with Gasteiger partial charge in [0.25, 0.3) is 0 Å². The van der Waals surface area contributed by atoms with Gasteiger partial charge in [-0.3, -0.25) is 0 Å². The number of methoxy groups -OCH3 is 2. The van der Waals surface area contributed by atoms with Crippen molar-refractivity contribution in [3.8, 4) is 11.5 Å². The highest BCUT2D eigenvalue weighted by molar-refractivity contribution is 5.84. The van der Waals surface area contributed by atoms with Gasteiger partial charge in [0.2, 0.25) is 0 Å². The highest BCUT2D eigenvalue weighted by atomic mass is 16.5. The first kappa shape index (κ1) is 15.2. The zero-order chi connectivity index (χ0) is 15.6. The van der Waals surface area contributed by atoms with Crippen molar-refractivity contribution in [1.29, 1.82) is 0 Å². The SMILES string of the molecule is C=C(c1cc(OC)ccc1OC)c1c(C)cc(C)cc1C. The van der Waals surface area contributed by atoms with Gasteiger partial charge >= 0.3 is 0 Å². The van der Waals surface area contributed by atoms with Crippen LogP contribution < -0.4 is 9.47 Å². The van der Waals surface area contributed by atoms with Crippen molar-refractivity contribution in [2.75, 3.05) is 14.2 Å². The standard InChI is InChI=1S/C19H22O2/c1-12-9-13(2)19(14(3)10-12)15(4)17-11-16(20-5)7-8-18(17)21-6/h7-11H,4H2,1-3,5-6H3. The number of hydrogen-bond acceptors (Lipinski definition) is 2. The maximum atomic E-state index is 5.47. The van der Waals surface area contributed by atoms with E-state index in [-0.39, 0.29) is 0 Å². The molecule has 0 saturated carbocycles. The average molecular weight is 282 g/mol. The van der Waals surface area contributed by atoms with Crippen LogP contribution in [0.25, 0.3) is 5.57 Å². The molecule has 2 aromatic rings. The minimum Gasteiger partial charge on any atom is -0.497 e. The second-order valence-corrected chi connectivity index (χ2v) is 5.32. The molecule has 0 N–H and O–H groups in total. The van der Waals surface area contributed by atoms with E-state index in [0.29, 0.717) is 0 Å². The molecule has 0 saturated heterocycles.